The molecule has 7 nitrogen and oxygen atoms in total. The van der Waals surface area contributed by atoms with Crippen LogP contribution in [-0.4, -0.2) is 67.0 Å². The highest BCUT2D eigenvalue weighted by Crippen LogP contribution is 2.30. The molecule has 1 fully saturated rings. The van der Waals surface area contributed by atoms with Crippen LogP contribution >= 0.6 is 0 Å². The summed E-state index contributed by atoms with van der Waals surface area (Å²) in [7, 11) is 0. The zero-order valence-electron chi connectivity index (χ0n) is 19.5. The SMILES string of the molecule is CCNC(=NCC(CC)(CC)CCO)NCC1CCN(C(=O)OC(C)(C)C)CC1. The van der Waals surface area contributed by atoms with Crippen molar-refractivity contribution < 1.29 is 14.6 Å². The minimum absolute atomic E-state index is 0.0653. The summed E-state index contributed by atoms with van der Waals surface area (Å²) in [5.41, 5.74) is -0.384. The second kappa shape index (κ2) is 12.3. The van der Waals surface area contributed by atoms with E-state index in [2.05, 4.69) is 31.4 Å². The second-order valence-corrected chi connectivity index (χ2v) is 9.17. The minimum atomic E-state index is -0.450. The number of ether oxygens (including phenoxy) is 1. The van der Waals surface area contributed by atoms with Crippen molar-refractivity contribution in [3.8, 4) is 0 Å². The maximum absolute atomic E-state index is 12.2. The Hall–Kier alpha value is -1.50. The molecule has 3 N–H and O–H groups in total. The Morgan fingerprint density at radius 1 is 1.14 bits per heavy atom. The lowest BCUT2D eigenvalue weighted by atomic mass is 9.79. The molecule has 0 saturated carbocycles. The Kier molecular flexibility index (Phi) is 10.8. The summed E-state index contributed by atoms with van der Waals surface area (Å²) < 4.78 is 5.47. The Morgan fingerprint density at radius 3 is 2.24 bits per heavy atom. The molecule has 0 atom stereocenters. The number of piperidine rings is 1. The van der Waals surface area contributed by atoms with E-state index < -0.39 is 5.60 Å². The lowest BCUT2D eigenvalue weighted by Gasteiger charge is -2.33. The van der Waals surface area contributed by atoms with Gasteiger partial charge in [0.15, 0.2) is 5.96 Å². The largest absolute Gasteiger partial charge is 0.444 e. The van der Waals surface area contributed by atoms with Crippen LogP contribution in [0.4, 0.5) is 4.79 Å². The van der Waals surface area contributed by atoms with E-state index in [0.717, 1.165) is 64.2 Å². The molecule has 1 aliphatic heterocycles. The molecule has 0 radical (unpaired) electrons. The van der Waals surface area contributed by atoms with Crippen molar-refractivity contribution in [2.45, 2.75) is 79.2 Å². The fourth-order valence-electron chi connectivity index (χ4n) is 3.62. The second-order valence-electron chi connectivity index (χ2n) is 9.17. The van der Waals surface area contributed by atoms with E-state index in [1.807, 2.05) is 25.7 Å². The van der Waals surface area contributed by atoms with Crippen molar-refractivity contribution in [1.82, 2.24) is 15.5 Å². The van der Waals surface area contributed by atoms with Gasteiger partial charge >= 0.3 is 6.09 Å². The summed E-state index contributed by atoms with van der Waals surface area (Å²) >= 11 is 0. The Balaban J connectivity index is 2.53. The molecule has 0 aromatic carbocycles. The van der Waals surface area contributed by atoms with E-state index in [-0.39, 0.29) is 18.1 Å². The van der Waals surface area contributed by atoms with Crippen LogP contribution in [0.3, 0.4) is 0 Å². The van der Waals surface area contributed by atoms with Gasteiger partial charge in [-0.25, -0.2) is 4.79 Å². The zero-order valence-corrected chi connectivity index (χ0v) is 19.5. The molecule has 1 amide bonds. The first kappa shape index (κ1) is 25.5. The van der Waals surface area contributed by atoms with Crippen molar-refractivity contribution in [2.24, 2.45) is 16.3 Å². The molecule has 7 heteroatoms. The molecule has 0 bridgehead atoms. The summed E-state index contributed by atoms with van der Waals surface area (Å²) in [6.07, 6.45) is 4.52. The highest BCUT2D eigenvalue weighted by Gasteiger charge is 2.27. The van der Waals surface area contributed by atoms with Crippen LogP contribution in [0.1, 0.15) is 73.6 Å². The number of carbonyl (C=O) groups is 1. The van der Waals surface area contributed by atoms with Gasteiger partial charge in [0.05, 0.1) is 0 Å². The molecule has 1 rings (SSSR count). The van der Waals surface area contributed by atoms with Crippen LogP contribution in [-0.2, 0) is 4.74 Å². The molecule has 1 aliphatic rings. The summed E-state index contributed by atoms with van der Waals surface area (Å²) in [4.78, 5) is 18.8. The number of nitrogens with one attached hydrogen (secondary N) is 2. The molecular weight excluding hydrogens is 368 g/mol. The third-order valence-electron chi connectivity index (χ3n) is 5.88. The number of carbonyl (C=O) groups excluding carboxylic acids is 1. The summed E-state index contributed by atoms with van der Waals surface area (Å²) in [6, 6.07) is 0. The Labute approximate surface area is 177 Å². The average Bonchev–Trinajstić information content (AvgIpc) is 2.68. The number of guanidine groups is 1. The normalized spacial score (nSPS) is 16.7. The third kappa shape index (κ3) is 9.24. The van der Waals surface area contributed by atoms with E-state index in [4.69, 9.17) is 9.73 Å². The van der Waals surface area contributed by atoms with Crippen molar-refractivity contribution in [2.75, 3.05) is 39.3 Å². The smallest absolute Gasteiger partial charge is 0.410 e. The monoisotopic (exact) mass is 412 g/mol. The van der Waals surface area contributed by atoms with Crippen molar-refractivity contribution in [3.63, 3.8) is 0 Å². The summed E-state index contributed by atoms with van der Waals surface area (Å²) in [5.74, 6) is 1.35. The number of hydrogen-bond donors (Lipinski definition) is 3. The third-order valence-corrected chi connectivity index (χ3v) is 5.88. The quantitative estimate of drug-likeness (QED) is 0.399. The van der Waals surface area contributed by atoms with E-state index in [0.29, 0.717) is 12.5 Å². The number of nitrogens with zero attached hydrogens (tertiary/aromatic N) is 2. The van der Waals surface area contributed by atoms with Gasteiger partial charge in [-0.3, -0.25) is 4.99 Å². The first-order chi connectivity index (χ1) is 13.7. The molecule has 0 aromatic rings. The van der Waals surface area contributed by atoms with E-state index in [9.17, 15) is 9.90 Å². The van der Waals surface area contributed by atoms with Crippen molar-refractivity contribution in [1.29, 1.82) is 0 Å². The Morgan fingerprint density at radius 2 is 1.76 bits per heavy atom. The average molecular weight is 413 g/mol. The van der Waals surface area contributed by atoms with Gasteiger partial charge in [0.25, 0.3) is 0 Å². The highest BCUT2D eigenvalue weighted by molar-refractivity contribution is 5.79. The summed E-state index contributed by atoms with van der Waals surface area (Å²) in [6.45, 7) is 16.2. The lowest BCUT2D eigenvalue weighted by Crippen LogP contribution is -2.45. The van der Waals surface area contributed by atoms with Gasteiger partial charge < -0.3 is 25.4 Å². The van der Waals surface area contributed by atoms with E-state index in [1.165, 1.54) is 0 Å². The van der Waals surface area contributed by atoms with E-state index >= 15 is 0 Å². The van der Waals surface area contributed by atoms with Gasteiger partial charge in [0.2, 0.25) is 0 Å². The van der Waals surface area contributed by atoms with Gasteiger partial charge in [-0.15, -0.1) is 0 Å². The number of amides is 1. The standard InChI is InChI=1S/C22H44N4O3/c1-7-22(8-2,12-15-27)17-25-19(23-9-3)24-16-18-10-13-26(14-11-18)20(28)29-21(4,5)6/h18,27H,7-17H2,1-6H3,(H2,23,24,25). The van der Waals surface area contributed by atoms with Gasteiger partial charge in [-0.05, 0) is 71.1 Å². The molecule has 0 aliphatic carbocycles. The van der Waals surface area contributed by atoms with Gasteiger partial charge in [0.1, 0.15) is 5.60 Å². The van der Waals surface area contributed by atoms with Gasteiger partial charge in [-0.2, -0.15) is 0 Å². The first-order valence-electron chi connectivity index (χ1n) is 11.3. The highest BCUT2D eigenvalue weighted by atomic mass is 16.6. The van der Waals surface area contributed by atoms with Gasteiger partial charge in [-0.1, -0.05) is 13.8 Å². The molecular formula is C22H44N4O3. The minimum Gasteiger partial charge on any atom is -0.444 e. The van der Waals surface area contributed by atoms with Crippen LogP contribution in [0.2, 0.25) is 0 Å². The van der Waals surface area contributed by atoms with Crippen molar-refractivity contribution in [3.05, 3.63) is 0 Å². The fourth-order valence-corrected chi connectivity index (χ4v) is 3.62. The van der Waals surface area contributed by atoms with E-state index in [1.54, 1.807) is 0 Å². The maximum Gasteiger partial charge on any atom is 0.410 e. The molecule has 0 unspecified atom stereocenters. The van der Waals surface area contributed by atoms with Crippen LogP contribution < -0.4 is 10.6 Å². The fraction of sp³-hybridized carbons (Fsp3) is 0.909. The Bertz CT molecular complexity index is 505. The van der Waals surface area contributed by atoms with Gasteiger partial charge in [0, 0.05) is 39.3 Å². The van der Waals surface area contributed by atoms with Crippen LogP contribution in [0.15, 0.2) is 4.99 Å². The number of aliphatic hydroxyl groups excluding tert-OH is 1. The predicted molar refractivity (Wildman–Crippen MR) is 119 cm³/mol. The number of aliphatic hydroxyl groups is 1. The van der Waals surface area contributed by atoms with Crippen molar-refractivity contribution >= 4 is 12.1 Å². The van der Waals surface area contributed by atoms with Crippen LogP contribution in [0.5, 0.6) is 0 Å². The summed E-state index contributed by atoms with van der Waals surface area (Å²) in [5, 5.41) is 16.2. The lowest BCUT2D eigenvalue weighted by molar-refractivity contribution is 0.0185. The first-order valence-corrected chi connectivity index (χ1v) is 11.3. The molecule has 170 valence electrons. The molecule has 1 saturated heterocycles. The predicted octanol–water partition coefficient (Wildman–Crippen LogP) is 3.38. The van der Waals surface area contributed by atoms with Crippen LogP contribution in [0, 0.1) is 11.3 Å². The number of hydrogen-bond acceptors (Lipinski definition) is 4. The molecule has 1 heterocycles. The molecule has 0 aromatic heterocycles. The molecule has 0 spiro atoms. The number of rotatable bonds is 9. The topological polar surface area (TPSA) is 86.2 Å². The maximum atomic E-state index is 12.2. The van der Waals surface area contributed by atoms with Crippen LogP contribution in [0.25, 0.3) is 0 Å². The molecule has 29 heavy (non-hydrogen) atoms. The number of likely N-dealkylation sites (tertiary alicyclic amines) is 1. The number of aliphatic imine (C=N–C) groups is 1. The zero-order chi connectivity index (χ0) is 21.9.